The van der Waals surface area contributed by atoms with Crippen LogP contribution in [-0.2, 0) is 15.3 Å². The van der Waals surface area contributed by atoms with Crippen LogP contribution in [0.3, 0.4) is 0 Å². The van der Waals surface area contributed by atoms with E-state index in [0.29, 0.717) is 9.79 Å². The standard InChI is InChI=1S/C27H24O3S/c1-27(2,22-12-8-20(9-13-22)21-10-16-24(28)17-11-21)23-14-18-26(19-15-23)31(29,30)25-6-4-3-5-7-25/h3-19,28H,1-2H3. The summed E-state index contributed by atoms with van der Waals surface area (Å²) in [5, 5.41) is 9.48. The number of hydrogen-bond donors (Lipinski definition) is 1. The second-order valence-corrected chi connectivity index (χ2v) is 10.0. The van der Waals surface area contributed by atoms with Gasteiger partial charge in [-0.15, -0.1) is 0 Å². The Labute approximate surface area is 183 Å². The summed E-state index contributed by atoms with van der Waals surface area (Å²) in [5.41, 5.74) is 4.00. The number of phenols is 1. The summed E-state index contributed by atoms with van der Waals surface area (Å²) in [6.45, 7) is 4.26. The minimum absolute atomic E-state index is 0.249. The minimum Gasteiger partial charge on any atom is -0.508 e. The Morgan fingerprint density at radius 1 is 0.581 bits per heavy atom. The first-order valence-corrected chi connectivity index (χ1v) is 11.6. The fourth-order valence-electron chi connectivity index (χ4n) is 3.69. The van der Waals surface area contributed by atoms with Gasteiger partial charge in [0.2, 0.25) is 9.84 Å². The van der Waals surface area contributed by atoms with E-state index >= 15 is 0 Å². The van der Waals surface area contributed by atoms with Crippen LogP contribution in [-0.4, -0.2) is 13.5 Å². The van der Waals surface area contributed by atoms with Gasteiger partial charge < -0.3 is 5.11 Å². The number of aromatic hydroxyl groups is 1. The van der Waals surface area contributed by atoms with Gasteiger partial charge in [0.05, 0.1) is 9.79 Å². The number of rotatable bonds is 5. The fourth-order valence-corrected chi connectivity index (χ4v) is 4.97. The van der Waals surface area contributed by atoms with Crippen LogP contribution in [0.5, 0.6) is 5.75 Å². The Morgan fingerprint density at radius 2 is 1.00 bits per heavy atom. The van der Waals surface area contributed by atoms with Gasteiger partial charge in [-0.05, 0) is 58.7 Å². The van der Waals surface area contributed by atoms with Crippen molar-refractivity contribution in [2.75, 3.05) is 0 Å². The molecule has 0 saturated heterocycles. The van der Waals surface area contributed by atoms with Gasteiger partial charge in [0.15, 0.2) is 0 Å². The molecule has 0 aliphatic carbocycles. The molecular formula is C27H24O3S. The Kier molecular flexibility index (Phi) is 5.42. The lowest BCUT2D eigenvalue weighted by Crippen LogP contribution is -2.19. The van der Waals surface area contributed by atoms with Gasteiger partial charge >= 0.3 is 0 Å². The lowest BCUT2D eigenvalue weighted by atomic mass is 9.78. The van der Waals surface area contributed by atoms with E-state index in [2.05, 4.69) is 38.1 Å². The smallest absolute Gasteiger partial charge is 0.206 e. The van der Waals surface area contributed by atoms with Gasteiger partial charge in [-0.3, -0.25) is 0 Å². The van der Waals surface area contributed by atoms with Crippen LogP contribution < -0.4 is 0 Å². The van der Waals surface area contributed by atoms with Crippen molar-refractivity contribution in [1.29, 1.82) is 0 Å². The van der Waals surface area contributed by atoms with Crippen molar-refractivity contribution < 1.29 is 13.5 Å². The lowest BCUT2D eigenvalue weighted by molar-refractivity contribution is 0.475. The van der Waals surface area contributed by atoms with Gasteiger partial charge in [-0.2, -0.15) is 0 Å². The average Bonchev–Trinajstić information content (AvgIpc) is 2.80. The Hall–Kier alpha value is -3.37. The molecule has 4 aromatic carbocycles. The van der Waals surface area contributed by atoms with E-state index in [4.69, 9.17) is 0 Å². The van der Waals surface area contributed by atoms with E-state index in [1.807, 2.05) is 24.3 Å². The maximum Gasteiger partial charge on any atom is 0.206 e. The topological polar surface area (TPSA) is 54.4 Å². The highest BCUT2D eigenvalue weighted by atomic mass is 32.2. The second-order valence-electron chi connectivity index (χ2n) is 8.09. The molecule has 4 heteroatoms. The number of hydrogen-bond acceptors (Lipinski definition) is 3. The molecule has 0 amide bonds. The summed E-state index contributed by atoms with van der Waals surface area (Å²) >= 11 is 0. The monoisotopic (exact) mass is 428 g/mol. The quantitative estimate of drug-likeness (QED) is 0.411. The first-order chi connectivity index (χ1) is 14.8. The summed E-state index contributed by atoms with van der Waals surface area (Å²) in [4.78, 5) is 0.591. The molecular weight excluding hydrogens is 404 g/mol. The Morgan fingerprint density at radius 3 is 1.52 bits per heavy atom. The molecule has 0 fully saturated rings. The Balaban J connectivity index is 1.61. The summed E-state index contributed by atoms with van der Waals surface area (Å²) in [6, 6.07) is 31.1. The average molecular weight is 429 g/mol. The van der Waals surface area contributed by atoms with E-state index < -0.39 is 9.84 Å². The number of sulfone groups is 1. The fraction of sp³-hybridized carbons (Fsp3) is 0.111. The summed E-state index contributed by atoms with van der Waals surface area (Å²) in [5.74, 6) is 0.249. The third kappa shape index (κ3) is 4.12. The zero-order valence-electron chi connectivity index (χ0n) is 17.5. The summed E-state index contributed by atoms with van der Waals surface area (Å²) < 4.78 is 25.7. The van der Waals surface area contributed by atoms with Crippen LogP contribution in [0.2, 0.25) is 0 Å². The molecule has 0 saturated carbocycles. The predicted octanol–water partition coefficient (Wildman–Crippen LogP) is 6.22. The molecule has 0 heterocycles. The third-order valence-electron chi connectivity index (χ3n) is 5.75. The first kappa shape index (κ1) is 20.9. The van der Waals surface area contributed by atoms with Crippen LogP contribution in [0.15, 0.2) is 113 Å². The van der Waals surface area contributed by atoms with Crippen LogP contribution in [0, 0.1) is 0 Å². The molecule has 0 aromatic heterocycles. The maximum absolute atomic E-state index is 12.8. The highest BCUT2D eigenvalue weighted by Crippen LogP contribution is 2.34. The maximum atomic E-state index is 12.8. The van der Waals surface area contributed by atoms with Crippen LogP contribution in [0.25, 0.3) is 11.1 Å². The van der Waals surface area contributed by atoms with Gasteiger partial charge in [0, 0.05) is 5.41 Å². The molecule has 156 valence electrons. The second kappa shape index (κ2) is 8.05. The van der Waals surface area contributed by atoms with Crippen LogP contribution in [0.1, 0.15) is 25.0 Å². The van der Waals surface area contributed by atoms with E-state index in [0.717, 1.165) is 22.3 Å². The van der Waals surface area contributed by atoms with Crippen molar-refractivity contribution in [3.8, 4) is 16.9 Å². The van der Waals surface area contributed by atoms with Crippen molar-refractivity contribution >= 4 is 9.84 Å². The SMILES string of the molecule is CC(C)(c1ccc(-c2ccc(O)cc2)cc1)c1ccc(S(=O)(=O)c2ccccc2)cc1. The van der Waals surface area contributed by atoms with Crippen molar-refractivity contribution in [2.24, 2.45) is 0 Å². The largest absolute Gasteiger partial charge is 0.508 e. The van der Waals surface area contributed by atoms with E-state index in [1.165, 1.54) is 0 Å². The first-order valence-electron chi connectivity index (χ1n) is 10.1. The van der Waals surface area contributed by atoms with Gasteiger partial charge in [-0.1, -0.05) is 80.6 Å². The zero-order valence-corrected chi connectivity index (χ0v) is 18.3. The molecule has 31 heavy (non-hydrogen) atoms. The minimum atomic E-state index is -3.52. The molecule has 0 aliphatic heterocycles. The highest BCUT2D eigenvalue weighted by molar-refractivity contribution is 7.91. The Bertz CT molecular complexity index is 1270. The molecule has 0 aliphatic rings. The number of phenolic OH excluding ortho intramolecular Hbond substituents is 1. The molecule has 3 nitrogen and oxygen atoms in total. The molecule has 1 N–H and O–H groups in total. The molecule has 4 aromatic rings. The van der Waals surface area contributed by atoms with Crippen LogP contribution >= 0.6 is 0 Å². The van der Waals surface area contributed by atoms with Crippen LogP contribution in [0.4, 0.5) is 0 Å². The number of benzene rings is 4. The van der Waals surface area contributed by atoms with Gasteiger partial charge in [0.1, 0.15) is 5.75 Å². The molecule has 0 bridgehead atoms. The molecule has 4 rings (SSSR count). The molecule has 0 spiro atoms. The van der Waals surface area contributed by atoms with E-state index in [-0.39, 0.29) is 11.2 Å². The van der Waals surface area contributed by atoms with Gasteiger partial charge in [-0.25, -0.2) is 8.42 Å². The van der Waals surface area contributed by atoms with Crippen molar-refractivity contribution in [1.82, 2.24) is 0 Å². The third-order valence-corrected chi connectivity index (χ3v) is 7.53. The van der Waals surface area contributed by atoms with E-state index in [1.54, 1.807) is 54.6 Å². The lowest BCUT2D eigenvalue weighted by Gasteiger charge is -2.26. The van der Waals surface area contributed by atoms with Crippen molar-refractivity contribution in [3.05, 3.63) is 114 Å². The highest BCUT2D eigenvalue weighted by Gasteiger charge is 2.24. The molecule has 0 atom stereocenters. The zero-order chi connectivity index (χ0) is 22.1. The van der Waals surface area contributed by atoms with Gasteiger partial charge in [0.25, 0.3) is 0 Å². The van der Waals surface area contributed by atoms with Crippen molar-refractivity contribution in [3.63, 3.8) is 0 Å². The van der Waals surface area contributed by atoms with Crippen molar-refractivity contribution in [2.45, 2.75) is 29.1 Å². The van der Waals surface area contributed by atoms with E-state index in [9.17, 15) is 13.5 Å². The normalized spacial score (nSPS) is 11.9. The summed E-state index contributed by atoms with van der Waals surface area (Å²) in [7, 11) is -3.52. The molecule has 0 radical (unpaired) electrons. The predicted molar refractivity (Wildman–Crippen MR) is 124 cm³/mol. The summed E-state index contributed by atoms with van der Waals surface area (Å²) in [6.07, 6.45) is 0. The molecule has 0 unspecified atom stereocenters.